The second kappa shape index (κ2) is 16.8. The van der Waals surface area contributed by atoms with Gasteiger partial charge in [-0.1, -0.05) is 13.3 Å². The van der Waals surface area contributed by atoms with Gasteiger partial charge in [-0.05, 0) is 19.3 Å². The third-order valence-corrected chi connectivity index (χ3v) is 6.87. The maximum atomic E-state index is 9.31. The van der Waals surface area contributed by atoms with E-state index in [0.29, 0.717) is 19.6 Å². The predicted octanol–water partition coefficient (Wildman–Crippen LogP) is 1.43. The fourth-order valence-electron chi connectivity index (χ4n) is 2.03. The molecule has 2 N–H and O–H groups in total. The molecule has 0 amide bonds. The molecular formula is C14H32O6SiW2. The van der Waals surface area contributed by atoms with Crippen molar-refractivity contribution in [3.8, 4) is 0 Å². The number of ether oxygens (including phenoxy) is 1. The van der Waals surface area contributed by atoms with Crippen LogP contribution in [-0.2, 0) is 60.1 Å². The van der Waals surface area contributed by atoms with Crippen LogP contribution in [0.4, 0.5) is 0 Å². The standard InChI is InChI=1S/C14H32O6Si.2W/c1-5-14(11-15,12-16)13-20-9-7-6-8-10-21(17-2,18-3)19-4;;/h15-16H,5-13H2,1-4H3;;. The van der Waals surface area contributed by atoms with Crippen LogP contribution in [0.5, 0.6) is 0 Å². The normalized spacial score (nSPS) is 11.7. The van der Waals surface area contributed by atoms with Crippen LogP contribution in [0.25, 0.3) is 0 Å². The summed E-state index contributed by atoms with van der Waals surface area (Å²) in [5.74, 6) is 0. The number of rotatable bonds is 14. The molecule has 0 aliphatic carbocycles. The van der Waals surface area contributed by atoms with Crippen molar-refractivity contribution < 1.29 is 70.4 Å². The molecule has 0 rings (SSSR count). The van der Waals surface area contributed by atoms with E-state index in [4.69, 9.17) is 18.0 Å². The van der Waals surface area contributed by atoms with Crippen LogP contribution in [-0.4, -0.2) is 66.8 Å². The molecule has 0 aromatic rings. The van der Waals surface area contributed by atoms with E-state index in [1.165, 1.54) is 0 Å². The van der Waals surface area contributed by atoms with Crippen LogP contribution in [0.3, 0.4) is 0 Å². The van der Waals surface area contributed by atoms with Crippen molar-refractivity contribution >= 4 is 8.80 Å². The molecule has 0 heterocycles. The minimum absolute atomic E-state index is 0. The average molecular weight is 692 g/mol. The summed E-state index contributed by atoms with van der Waals surface area (Å²) in [7, 11) is 2.42. The van der Waals surface area contributed by atoms with Gasteiger partial charge in [0.25, 0.3) is 0 Å². The number of aliphatic hydroxyl groups is 2. The van der Waals surface area contributed by atoms with E-state index in [-0.39, 0.29) is 55.3 Å². The number of aliphatic hydroxyl groups excluding tert-OH is 2. The predicted molar refractivity (Wildman–Crippen MR) is 83.2 cm³/mol. The summed E-state index contributed by atoms with van der Waals surface area (Å²) in [6, 6.07) is 0.794. The monoisotopic (exact) mass is 692 g/mol. The van der Waals surface area contributed by atoms with Gasteiger partial charge in [-0.3, -0.25) is 0 Å². The molecule has 0 saturated carbocycles. The van der Waals surface area contributed by atoms with E-state index in [2.05, 4.69) is 0 Å². The Morgan fingerprint density at radius 3 is 1.78 bits per heavy atom. The molecular weight excluding hydrogens is 660 g/mol. The molecule has 0 spiro atoms. The van der Waals surface area contributed by atoms with Crippen LogP contribution in [0.15, 0.2) is 0 Å². The van der Waals surface area contributed by atoms with E-state index in [0.717, 1.165) is 25.3 Å². The Balaban J connectivity index is -0.00000200. The van der Waals surface area contributed by atoms with Crippen molar-refractivity contribution in [1.82, 2.24) is 0 Å². The smallest absolute Gasteiger partial charge is 0.396 e. The molecule has 23 heavy (non-hydrogen) atoms. The van der Waals surface area contributed by atoms with Gasteiger partial charge in [-0.15, -0.1) is 0 Å². The summed E-state index contributed by atoms with van der Waals surface area (Å²) in [6.07, 6.45) is 3.59. The fraction of sp³-hybridized carbons (Fsp3) is 1.00. The Hall–Kier alpha value is 1.35. The Bertz CT molecular complexity index is 213. The van der Waals surface area contributed by atoms with Crippen LogP contribution < -0.4 is 0 Å². The van der Waals surface area contributed by atoms with Gasteiger partial charge in [-0.2, -0.15) is 0 Å². The van der Waals surface area contributed by atoms with Crippen molar-refractivity contribution in [2.45, 2.75) is 38.7 Å². The Morgan fingerprint density at radius 2 is 1.39 bits per heavy atom. The molecule has 0 unspecified atom stereocenters. The SMILES string of the molecule is CCC(CO)(CO)COCCCCC[Si](OC)(OC)OC.[W].[W]. The van der Waals surface area contributed by atoms with E-state index in [9.17, 15) is 10.2 Å². The van der Waals surface area contributed by atoms with Crippen molar-refractivity contribution in [3.63, 3.8) is 0 Å². The van der Waals surface area contributed by atoms with Crippen molar-refractivity contribution in [2.24, 2.45) is 5.41 Å². The van der Waals surface area contributed by atoms with Gasteiger partial charge in [0.05, 0.1) is 19.8 Å². The molecule has 0 aliphatic heterocycles. The first-order valence-electron chi connectivity index (χ1n) is 7.52. The van der Waals surface area contributed by atoms with Crippen LogP contribution in [0.2, 0.25) is 6.04 Å². The molecule has 0 aliphatic rings. The van der Waals surface area contributed by atoms with Gasteiger partial charge >= 0.3 is 8.80 Å². The molecule has 0 saturated heterocycles. The second-order valence-electron chi connectivity index (χ2n) is 5.33. The van der Waals surface area contributed by atoms with Crippen molar-refractivity contribution in [3.05, 3.63) is 0 Å². The van der Waals surface area contributed by atoms with Crippen LogP contribution >= 0.6 is 0 Å². The molecule has 0 bridgehead atoms. The topological polar surface area (TPSA) is 77.4 Å². The number of hydrogen-bond donors (Lipinski definition) is 2. The first-order valence-corrected chi connectivity index (χ1v) is 9.45. The number of hydrogen-bond acceptors (Lipinski definition) is 6. The minimum Gasteiger partial charge on any atom is -0.396 e. The summed E-state index contributed by atoms with van der Waals surface area (Å²) in [5, 5.41) is 18.6. The largest absolute Gasteiger partial charge is 0.500 e. The first-order chi connectivity index (χ1) is 10.1. The molecule has 0 radical (unpaired) electrons. The van der Waals surface area contributed by atoms with Gasteiger partial charge < -0.3 is 28.2 Å². The summed E-state index contributed by atoms with van der Waals surface area (Å²) in [4.78, 5) is 0. The summed E-state index contributed by atoms with van der Waals surface area (Å²) >= 11 is 0. The van der Waals surface area contributed by atoms with Gasteiger partial charge in [0.2, 0.25) is 0 Å². The minimum atomic E-state index is -2.44. The quantitative estimate of drug-likeness (QED) is 0.212. The Labute approximate surface area is 170 Å². The third kappa shape index (κ3) is 10.8. The van der Waals surface area contributed by atoms with Gasteiger partial charge in [0, 0.05) is 81.5 Å². The second-order valence-corrected chi connectivity index (χ2v) is 8.42. The molecule has 6 nitrogen and oxygen atoms in total. The van der Waals surface area contributed by atoms with E-state index >= 15 is 0 Å². The maximum absolute atomic E-state index is 9.31. The molecule has 0 fully saturated rings. The summed E-state index contributed by atoms with van der Waals surface area (Å²) < 4.78 is 21.7. The zero-order valence-electron chi connectivity index (χ0n) is 14.7. The van der Waals surface area contributed by atoms with Crippen LogP contribution in [0.1, 0.15) is 32.6 Å². The van der Waals surface area contributed by atoms with E-state index in [1.54, 1.807) is 21.3 Å². The number of unbranched alkanes of at least 4 members (excludes halogenated alkanes) is 2. The van der Waals surface area contributed by atoms with Gasteiger partial charge in [0.15, 0.2) is 0 Å². The summed E-state index contributed by atoms with van der Waals surface area (Å²) in [5.41, 5.74) is -0.510. The molecule has 0 aromatic carbocycles. The zero-order valence-corrected chi connectivity index (χ0v) is 21.6. The average Bonchev–Trinajstić information content (AvgIpc) is 2.55. The molecule has 140 valence electrons. The summed E-state index contributed by atoms with van der Waals surface area (Å²) in [6.45, 7) is 2.86. The zero-order chi connectivity index (χ0) is 16.2. The first kappa shape index (κ1) is 29.1. The van der Waals surface area contributed by atoms with E-state index < -0.39 is 14.2 Å². The van der Waals surface area contributed by atoms with Crippen molar-refractivity contribution in [1.29, 1.82) is 0 Å². The third-order valence-electron chi connectivity index (χ3n) is 4.03. The molecule has 0 aromatic heterocycles. The van der Waals surface area contributed by atoms with E-state index in [1.807, 2.05) is 6.92 Å². The van der Waals surface area contributed by atoms with Gasteiger partial charge in [0.1, 0.15) is 0 Å². The fourth-order valence-corrected chi connectivity index (χ4v) is 3.83. The Morgan fingerprint density at radius 1 is 0.870 bits per heavy atom. The van der Waals surface area contributed by atoms with Crippen molar-refractivity contribution in [2.75, 3.05) is 47.8 Å². The molecule has 9 heteroatoms. The Kier molecular flexibility index (Phi) is 21.3. The maximum Gasteiger partial charge on any atom is 0.500 e. The molecule has 0 atom stereocenters. The van der Waals surface area contributed by atoms with Crippen LogP contribution in [0, 0.1) is 5.41 Å². The van der Waals surface area contributed by atoms with Gasteiger partial charge in [-0.25, -0.2) is 0 Å².